The van der Waals surface area contributed by atoms with Crippen LogP contribution >= 0.6 is 11.3 Å². The highest BCUT2D eigenvalue weighted by atomic mass is 32.1. The maximum Gasteiger partial charge on any atom is 0.262 e. The first-order valence-corrected chi connectivity index (χ1v) is 7.71. The van der Waals surface area contributed by atoms with E-state index in [0.29, 0.717) is 17.8 Å². The average Bonchev–Trinajstić information content (AvgIpc) is 3.07. The molecule has 2 aromatic rings. The molecule has 0 spiro atoms. The Kier molecular flexibility index (Phi) is 3.75. The third-order valence-electron chi connectivity index (χ3n) is 3.53. The lowest BCUT2D eigenvalue weighted by atomic mass is 10.1. The first kappa shape index (κ1) is 13.8. The van der Waals surface area contributed by atoms with Crippen molar-refractivity contribution in [1.29, 1.82) is 0 Å². The summed E-state index contributed by atoms with van der Waals surface area (Å²) in [6, 6.07) is 11.5. The largest absolute Gasteiger partial charge is 0.354 e. The van der Waals surface area contributed by atoms with Gasteiger partial charge in [0.2, 0.25) is 5.91 Å². The topological polar surface area (TPSA) is 58.2 Å². The summed E-state index contributed by atoms with van der Waals surface area (Å²) in [5.41, 5.74) is 2.19. The van der Waals surface area contributed by atoms with E-state index in [2.05, 4.69) is 10.6 Å². The van der Waals surface area contributed by atoms with Crippen molar-refractivity contribution in [1.82, 2.24) is 10.6 Å². The van der Waals surface area contributed by atoms with E-state index in [1.54, 1.807) is 0 Å². The molecule has 108 valence electrons. The summed E-state index contributed by atoms with van der Waals surface area (Å²) in [4.78, 5) is 25.5. The fraction of sp³-hybridized carbons (Fsp3) is 0.250. The molecule has 1 atom stereocenters. The minimum Gasteiger partial charge on any atom is -0.354 e. The summed E-state index contributed by atoms with van der Waals surface area (Å²) < 4.78 is 0. The van der Waals surface area contributed by atoms with E-state index >= 15 is 0 Å². The van der Waals surface area contributed by atoms with Gasteiger partial charge >= 0.3 is 0 Å². The van der Waals surface area contributed by atoms with Gasteiger partial charge in [-0.15, -0.1) is 11.3 Å². The quantitative estimate of drug-likeness (QED) is 0.914. The second-order valence-electron chi connectivity index (χ2n) is 5.09. The van der Waals surface area contributed by atoms with Gasteiger partial charge in [0.05, 0.1) is 4.88 Å². The Morgan fingerprint density at radius 3 is 2.76 bits per heavy atom. The lowest BCUT2D eigenvalue weighted by Crippen LogP contribution is -2.39. The Balaban J connectivity index is 1.80. The van der Waals surface area contributed by atoms with Gasteiger partial charge in [-0.1, -0.05) is 30.3 Å². The predicted octanol–water partition coefficient (Wildman–Crippen LogP) is 2.34. The molecule has 1 fully saturated rings. The number of carbonyl (C=O) groups is 2. The molecule has 5 heteroatoms. The van der Waals surface area contributed by atoms with Crippen LogP contribution in [0.25, 0.3) is 10.4 Å². The number of aryl methyl sites for hydroxylation is 1. The Morgan fingerprint density at radius 2 is 2.10 bits per heavy atom. The van der Waals surface area contributed by atoms with Crippen molar-refractivity contribution in [2.75, 3.05) is 6.54 Å². The minimum atomic E-state index is -0.403. The number of hydrogen-bond acceptors (Lipinski definition) is 3. The monoisotopic (exact) mass is 300 g/mol. The van der Waals surface area contributed by atoms with Gasteiger partial charge in [0.1, 0.15) is 6.04 Å². The summed E-state index contributed by atoms with van der Waals surface area (Å²) in [7, 11) is 0. The first-order chi connectivity index (χ1) is 10.1. The molecule has 1 saturated heterocycles. The SMILES string of the molecule is Cc1cc(C(=O)N[C@H]2CCNC2=O)sc1-c1ccccc1. The van der Waals surface area contributed by atoms with Gasteiger partial charge in [0, 0.05) is 11.4 Å². The summed E-state index contributed by atoms with van der Waals surface area (Å²) in [6.45, 7) is 2.63. The smallest absolute Gasteiger partial charge is 0.262 e. The standard InChI is InChI=1S/C16H16N2O2S/c1-10-9-13(16(20)18-12-7-8-17-15(12)19)21-14(10)11-5-3-2-4-6-11/h2-6,9,12H,7-8H2,1H3,(H,17,19)(H,18,20)/t12-/m0/s1. The number of benzene rings is 1. The number of carbonyl (C=O) groups excluding carboxylic acids is 2. The summed E-state index contributed by atoms with van der Waals surface area (Å²) in [6.07, 6.45) is 0.653. The maximum atomic E-state index is 12.3. The van der Waals surface area contributed by atoms with E-state index in [9.17, 15) is 9.59 Å². The Labute approximate surface area is 127 Å². The molecular formula is C16H16N2O2S. The van der Waals surface area contributed by atoms with Gasteiger partial charge in [0.15, 0.2) is 0 Å². The molecule has 1 aliphatic heterocycles. The van der Waals surface area contributed by atoms with Crippen molar-refractivity contribution in [3.63, 3.8) is 0 Å². The molecule has 2 amide bonds. The molecule has 1 aliphatic rings. The predicted molar refractivity (Wildman–Crippen MR) is 83.4 cm³/mol. The van der Waals surface area contributed by atoms with E-state index in [-0.39, 0.29) is 11.8 Å². The highest BCUT2D eigenvalue weighted by molar-refractivity contribution is 7.17. The minimum absolute atomic E-state index is 0.0973. The summed E-state index contributed by atoms with van der Waals surface area (Å²) in [5.74, 6) is -0.271. The van der Waals surface area contributed by atoms with E-state index in [1.807, 2.05) is 43.3 Å². The fourth-order valence-electron chi connectivity index (χ4n) is 2.43. The molecular weight excluding hydrogens is 284 g/mol. The van der Waals surface area contributed by atoms with E-state index in [0.717, 1.165) is 16.0 Å². The molecule has 21 heavy (non-hydrogen) atoms. The molecule has 0 saturated carbocycles. The third-order valence-corrected chi connectivity index (χ3v) is 4.82. The summed E-state index contributed by atoms with van der Waals surface area (Å²) >= 11 is 1.46. The van der Waals surface area contributed by atoms with Gasteiger partial charge in [-0.05, 0) is 30.5 Å². The van der Waals surface area contributed by atoms with Crippen LogP contribution in [-0.2, 0) is 4.79 Å². The molecule has 2 N–H and O–H groups in total. The highest BCUT2D eigenvalue weighted by Gasteiger charge is 2.26. The third kappa shape index (κ3) is 2.83. The zero-order valence-electron chi connectivity index (χ0n) is 11.7. The van der Waals surface area contributed by atoms with Gasteiger partial charge < -0.3 is 10.6 Å². The lowest BCUT2D eigenvalue weighted by Gasteiger charge is -2.08. The second-order valence-corrected chi connectivity index (χ2v) is 6.15. The Bertz CT molecular complexity index is 679. The van der Waals surface area contributed by atoms with Crippen LogP contribution in [0.4, 0.5) is 0 Å². The van der Waals surface area contributed by atoms with Gasteiger partial charge in [0.25, 0.3) is 5.91 Å². The molecule has 0 bridgehead atoms. The van der Waals surface area contributed by atoms with Crippen molar-refractivity contribution in [3.05, 3.63) is 46.8 Å². The molecule has 1 aromatic carbocycles. The normalized spacial score (nSPS) is 17.6. The van der Waals surface area contributed by atoms with E-state index in [1.165, 1.54) is 11.3 Å². The maximum absolute atomic E-state index is 12.3. The highest BCUT2D eigenvalue weighted by Crippen LogP contribution is 2.32. The van der Waals surface area contributed by atoms with Crippen molar-refractivity contribution in [2.45, 2.75) is 19.4 Å². The number of hydrogen-bond donors (Lipinski definition) is 2. The van der Waals surface area contributed by atoms with Crippen LogP contribution in [0, 0.1) is 6.92 Å². The molecule has 4 nitrogen and oxygen atoms in total. The Hall–Kier alpha value is -2.14. The van der Waals surface area contributed by atoms with Crippen LogP contribution in [-0.4, -0.2) is 24.4 Å². The second kappa shape index (κ2) is 5.69. The lowest BCUT2D eigenvalue weighted by molar-refractivity contribution is -0.120. The zero-order valence-corrected chi connectivity index (χ0v) is 12.5. The van der Waals surface area contributed by atoms with E-state index in [4.69, 9.17) is 0 Å². The van der Waals surface area contributed by atoms with Crippen LogP contribution in [0.15, 0.2) is 36.4 Å². The van der Waals surface area contributed by atoms with Crippen molar-refractivity contribution in [2.24, 2.45) is 0 Å². The van der Waals surface area contributed by atoms with Crippen molar-refractivity contribution < 1.29 is 9.59 Å². The van der Waals surface area contributed by atoms with Crippen LogP contribution in [0.2, 0.25) is 0 Å². The number of rotatable bonds is 3. The Morgan fingerprint density at radius 1 is 1.33 bits per heavy atom. The molecule has 1 aromatic heterocycles. The van der Waals surface area contributed by atoms with Crippen molar-refractivity contribution >= 4 is 23.2 Å². The molecule has 3 rings (SSSR count). The van der Waals surface area contributed by atoms with Crippen LogP contribution < -0.4 is 10.6 Å². The van der Waals surface area contributed by atoms with Gasteiger partial charge in [-0.25, -0.2) is 0 Å². The van der Waals surface area contributed by atoms with Crippen LogP contribution in [0.1, 0.15) is 21.7 Å². The van der Waals surface area contributed by atoms with Gasteiger partial charge in [-0.2, -0.15) is 0 Å². The van der Waals surface area contributed by atoms with Gasteiger partial charge in [-0.3, -0.25) is 9.59 Å². The fourth-order valence-corrected chi connectivity index (χ4v) is 3.51. The molecule has 0 aliphatic carbocycles. The van der Waals surface area contributed by atoms with Crippen LogP contribution in [0.5, 0.6) is 0 Å². The average molecular weight is 300 g/mol. The number of amides is 2. The number of nitrogens with one attached hydrogen (secondary N) is 2. The van der Waals surface area contributed by atoms with E-state index < -0.39 is 6.04 Å². The molecule has 2 heterocycles. The first-order valence-electron chi connectivity index (χ1n) is 6.89. The molecule has 0 radical (unpaired) electrons. The van der Waals surface area contributed by atoms with Crippen LogP contribution in [0.3, 0.4) is 0 Å². The zero-order chi connectivity index (χ0) is 14.8. The van der Waals surface area contributed by atoms with Crippen molar-refractivity contribution in [3.8, 4) is 10.4 Å². The summed E-state index contributed by atoms with van der Waals surface area (Å²) in [5, 5.41) is 5.51. The number of thiophene rings is 1. The molecule has 0 unspecified atom stereocenters.